The highest BCUT2D eigenvalue weighted by Gasteiger charge is 2.25. The molecule has 1 aliphatic carbocycles. The highest BCUT2D eigenvalue weighted by molar-refractivity contribution is 5.26. The van der Waals surface area contributed by atoms with Crippen LogP contribution in [0.5, 0.6) is 5.75 Å². The summed E-state index contributed by atoms with van der Waals surface area (Å²) in [6.45, 7) is 4.98. The van der Waals surface area contributed by atoms with Gasteiger partial charge in [0.1, 0.15) is 5.75 Å². The lowest BCUT2D eigenvalue weighted by molar-refractivity contribution is 0.247. The summed E-state index contributed by atoms with van der Waals surface area (Å²) in [5, 5.41) is 0. The monoisotopic (exact) mass is 248 g/mol. The third-order valence-corrected chi connectivity index (χ3v) is 3.92. The first kappa shape index (κ1) is 13.3. The van der Waals surface area contributed by atoms with E-state index in [0.717, 1.165) is 17.2 Å². The summed E-state index contributed by atoms with van der Waals surface area (Å²) in [5.74, 6) is 2.22. The van der Waals surface area contributed by atoms with Gasteiger partial charge in [0.2, 0.25) is 0 Å². The van der Waals surface area contributed by atoms with Gasteiger partial charge in [0.15, 0.2) is 0 Å². The van der Waals surface area contributed by atoms with Gasteiger partial charge < -0.3 is 10.5 Å². The first-order valence-corrected chi connectivity index (χ1v) is 7.04. The first-order valence-electron chi connectivity index (χ1n) is 7.04. The van der Waals surface area contributed by atoms with E-state index in [9.17, 15) is 0 Å². The molecule has 18 heavy (non-hydrogen) atoms. The number of nitrogens with zero attached hydrogens (tertiary/aromatic N) is 1. The largest absolute Gasteiger partial charge is 0.492 e. The lowest BCUT2D eigenvalue weighted by atomic mass is 9.77. The second-order valence-corrected chi connectivity index (χ2v) is 5.44. The summed E-state index contributed by atoms with van der Waals surface area (Å²) in [7, 11) is 0. The number of nitrogens with two attached hydrogens (primary N) is 1. The second kappa shape index (κ2) is 6.19. The molecule has 0 radical (unpaired) electrons. The van der Waals surface area contributed by atoms with Crippen LogP contribution >= 0.6 is 0 Å². The average molecular weight is 248 g/mol. The van der Waals surface area contributed by atoms with Gasteiger partial charge in [-0.3, -0.25) is 4.98 Å². The summed E-state index contributed by atoms with van der Waals surface area (Å²) in [6.07, 6.45) is 8.76. The Morgan fingerprint density at radius 1 is 1.44 bits per heavy atom. The van der Waals surface area contributed by atoms with Crippen molar-refractivity contribution < 1.29 is 4.74 Å². The van der Waals surface area contributed by atoms with Crippen LogP contribution in [0, 0.1) is 11.8 Å². The average Bonchev–Trinajstić information content (AvgIpc) is 2.39. The third-order valence-electron chi connectivity index (χ3n) is 3.92. The van der Waals surface area contributed by atoms with Crippen LogP contribution in [0.25, 0.3) is 0 Å². The van der Waals surface area contributed by atoms with Crippen molar-refractivity contribution in [2.75, 3.05) is 6.61 Å². The lowest BCUT2D eigenvalue weighted by Crippen LogP contribution is -2.26. The van der Waals surface area contributed by atoms with E-state index in [2.05, 4.69) is 11.9 Å². The van der Waals surface area contributed by atoms with Crippen molar-refractivity contribution in [1.82, 2.24) is 4.98 Å². The molecule has 3 atom stereocenters. The van der Waals surface area contributed by atoms with Crippen molar-refractivity contribution >= 4 is 0 Å². The molecule has 1 fully saturated rings. The van der Waals surface area contributed by atoms with E-state index in [4.69, 9.17) is 10.5 Å². The molecule has 1 heterocycles. The summed E-state index contributed by atoms with van der Waals surface area (Å²) < 4.78 is 5.49. The molecular weight excluding hydrogens is 224 g/mol. The fourth-order valence-corrected chi connectivity index (χ4v) is 2.94. The van der Waals surface area contributed by atoms with Crippen LogP contribution in [0.2, 0.25) is 0 Å². The maximum atomic E-state index is 6.40. The Kier molecular flexibility index (Phi) is 4.59. The third kappa shape index (κ3) is 3.22. The summed E-state index contributed by atoms with van der Waals surface area (Å²) in [5.41, 5.74) is 7.51. The maximum Gasteiger partial charge on any atom is 0.137 e. The predicted molar refractivity (Wildman–Crippen MR) is 73.5 cm³/mol. The number of hydrogen-bond donors (Lipinski definition) is 1. The van der Waals surface area contributed by atoms with Crippen molar-refractivity contribution in [2.45, 2.75) is 45.6 Å². The molecule has 2 rings (SSSR count). The zero-order chi connectivity index (χ0) is 13.0. The van der Waals surface area contributed by atoms with E-state index in [1.54, 1.807) is 6.20 Å². The molecule has 0 spiro atoms. The SMILES string of the molecule is CCOc1cncc(C(N)C2CCCC(C)C2)c1. The summed E-state index contributed by atoms with van der Waals surface area (Å²) >= 11 is 0. The molecule has 0 amide bonds. The van der Waals surface area contributed by atoms with Gasteiger partial charge in [-0.1, -0.05) is 19.8 Å². The van der Waals surface area contributed by atoms with E-state index in [1.807, 2.05) is 19.2 Å². The van der Waals surface area contributed by atoms with Gasteiger partial charge >= 0.3 is 0 Å². The Labute approximate surface area is 110 Å². The van der Waals surface area contributed by atoms with Crippen LogP contribution in [0.4, 0.5) is 0 Å². The highest BCUT2D eigenvalue weighted by Crippen LogP contribution is 2.36. The van der Waals surface area contributed by atoms with Crippen LogP contribution in [0.3, 0.4) is 0 Å². The van der Waals surface area contributed by atoms with Gasteiger partial charge in [-0.05, 0) is 43.2 Å². The maximum absolute atomic E-state index is 6.40. The smallest absolute Gasteiger partial charge is 0.137 e. The molecule has 0 bridgehead atoms. The molecule has 1 aromatic heterocycles. The van der Waals surface area contributed by atoms with Crippen molar-refractivity contribution in [3.05, 3.63) is 24.0 Å². The lowest BCUT2D eigenvalue weighted by Gasteiger charge is -2.31. The van der Waals surface area contributed by atoms with Crippen molar-refractivity contribution in [3.63, 3.8) is 0 Å². The standard InChI is InChI=1S/C15H24N2O/c1-3-18-14-8-13(9-17-10-14)15(16)12-6-4-5-11(2)7-12/h8-12,15H,3-7,16H2,1-2H3. The molecule has 1 saturated carbocycles. The van der Waals surface area contributed by atoms with E-state index in [0.29, 0.717) is 12.5 Å². The molecule has 3 nitrogen and oxygen atoms in total. The summed E-state index contributed by atoms with van der Waals surface area (Å²) in [4.78, 5) is 4.23. The van der Waals surface area contributed by atoms with Crippen molar-refractivity contribution in [1.29, 1.82) is 0 Å². The normalized spacial score (nSPS) is 25.7. The molecule has 1 aliphatic rings. The van der Waals surface area contributed by atoms with Crippen molar-refractivity contribution in [2.24, 2.45) is 17.6 Å². The van der Waals surface area contributed by atoms with E-state index in [-0.39, 0.29) is 6.04 Å². The molecule has 3 unspecified atom stereocenters. The van der Waals surface area contributed by atoms with Gasteiger partial charge in [0.05, 0.1) is 12.8 Å². The molecule has 2 N–H and O–H groups in total. The quantitative estimate of drug-likeness (QED) is 0.889. The van der Waals surface area contributed by atoms with Crippen LogP contribution in [-0.2, 0) is 0 Å². The Morgan fingerprint density at radius 2 is 2.28 bits per heavy atom. The predicted octanol–water partition coefficient (Wildman–Crippen LogP) is 3.31. The molecule has 0 aromatic carbocycles. The fraction of sp³-hybridized carbons (Fsp3) is 0.667. The Balaban J connectivity index is 2.07. The van der Waals surface area contributed by atoms with Crippen LogP contribution in [0.15, 0.2) is 18.5 Å². The first-order chi connectivity index (χ1) is 8.70. The van der Waals surface area contributed by atoms with E-state index < -0.39 is 0 Å². The molecular formula is C15H24N2O. The van der Waals surface area contributed by atoms with Crippen molar-refractivity contribution in [3.8, 4) is 5.75 Å². The van der Waals surface area contributed by atoms with Gasteiger partial charge in [0, 0.05) is 12.2 Å². The molecule has 100 valence electrons. The topological polar surface area (TPSA) is 48.1 Å². The molecule has 0 saturated heterocycles. The number of aromatic nitrogens is 1. The van der Waals surface area contributed by atoms with Gasteiger partial charge in [-0.15, -0.1) is 0 Å². The summed E-state index contributed by atoms with van der Waals surface area (Å²) in [6, 6.07) is 2.14. The minimum Gasteiger partial charge on any atom is -0.492 e. The fourth-order valence-electron chi connectivity index (χ4n) is 2.94. The van der Waals surface area contributed by atoms with Gasteiger partial charge in [-0.25, -0.2) is 0 Å². The van der Waals surface area contributed by atoms with E-state index >= 15 is 0 Å². The molecule has 0 aliphatic heterocycles. The van der Waals surface area contributed by atoms with Gasteiger partial charge in [-0.2, -0.15) is 0 Å². The number of ether oxygens (including phenoxy) is 1. The Hall–Kier alpha value is -1.09. The number of hydrogen-bond acceptors (Lipinski definition) is 3. The number of rotatable bonds is 4. The highest BCUT2D eigenvalue weighted by atomic mass is 16.5. The second-order valence-electron chi connectivity index (χ2n) is 5.44. The zero-order valence-corrected chi connectivity index (χ0v) is 11.4. The van der Waals surface area contributed by atoms with E-state index in [1.165, 1.54) is 25.7 Å². The molecule has 3 heteroatoms. The minimum absolute atomic E-state index is 0.0978. The molecule has 1 aromatic rings. The number of pyridine rings is 1. The Bertz CT molecular complexity index is 381. The van der Waals surface area contributed by atoms with Crippen LogP contribution in [-0.4, -0.2) is 11.6 Å². The zero-order valence-electron chi connectivity index (χ0n) is 11.4. The van der Waals surface area contributed by atoms with Crippen LogP contribution < -0.4 is 10.5 Å². The Morgan fingerprint density at radius 3 is 3.00 bits per heavy atom. The minimum atomic E-state index is 0.0978. The van der Waals surface area contributed by atoms with Crippen LogP contribution in [0.1, 0.15) is 51.1 Å². The van der Waals surface area contributed by atoms with Gasteiger partial charge in [0.25, 0.3) is 0 Å².